The average Bonchev–Trinajstić information content (AvgIpc) is 2.40. The molecular weight excluding hydrogens is 348 g/mol. The SMILES string of the molecule is Clc1ccc(C2CC(Nc3cc(Cl)c(Cl)cc3Cl)C2)cc1. The van der Waals surface area contributed by atoms with E-state index in [-0.39, 0.29) is 0 Å². The summed E-state index contributed by atoms with van der Waals surface area (Å²) in [5.41, 5.74) is 2.17. The van der Waals surface area contributed by atoms with E-state index in [1.165, 1.54) is 5.56 Å². The first-order valence-corrected chi connectivity index (χ1v) is 8.20. The number of anilines is 1. The molecule has 0 heterocycles. The monoisotopic (exact) mass is 359 g/mol. The molecule has 1 fully saturated rings. The molecular formula is C16H13Cl4N. The van der Waals surface area contributed by atoms with Crippen LogP contribution in [-0.4, -0.2) is 6.04 Å². The molecule has 1 aliphatic carbocycles. The van der Waals surface area contributed by atoms with Crippen molar-refractivity contribution in [1.29, 1.82) is 0 Å². The smallest absolute Gasteiger partial charge is 0.0653 e. The van der Waals surface area contributed by atoms with Crippen LogP contribution in [0, 0.1) is 0 Å². The number of hydrogen-bond donors (Lipinski definition) is 1. The van der Waals surface area contributed by atoms with Gasteiger partial charge in [0.25, 0.3) is 0 Å². The van der Waals surface area contributed by atoms with Gasteiger partial charge in [-0.2, -0.15) is 0 Å². The number of benzene rings is 2. The third-order valence-corrected chi connectivity index (χ3v) is 5.14. The first-order chi connectivity index (χ1) is 10.0. The molecule has 5 heteroatoms. The Balaban J connectivity index is 1.62. The molecule has 0 unspecified atom stereocenters. The summed E-state index contributed by atoms with van der Waals surface area (Å²) in [5, 5.41) is 5.78. The molecule has 3 rings (SSSR count). The highest BCUT2D eigenvalue weighted by Crippen LogP contribution is 2.40. The van der Waals surface area contributed by atoms with Crippen molar-refractivity contribution < 1.29 is 0 Å². The second-order valence-corrected chi connectivity index (χ2v) is 6.97. The summed E-state index contributed by atoms with van der Waals surface area (Å²) in [4.78, 5) is 0. The topological polar surface area (TPSA) is 12.0 Å². The van der Waals surface area contributed by atoms with E-state index < -0.39 is 0 Å². The molecule has 0 amide bonds. The first-order valence-electron chi connectivity index (χ1n) is 6.69. The van der Waals surface area contributed by atoms with E-state index in [0.29, 0.717) is 27.0 Å². The molecule has 2 aromatic rings. The quantitative estimate of drug-likeness (QED) is 0.603. The molecule has 1 saturated carbocycles. The van der Waals surface area contributed by atoms with Gasteiger partial charge in [-0.3, -0.25) is 0 Å². The van der Waals surface area contributed by atoms with Gasteiger partial charge in [-0.05, 0) is 48.6 Å². The maximum absolute atomic E-state index is 6.18. The number of halogens is 4. The Bertz CT molecular complexity index is 648. The van der Waals surface area contributed by atoms with Crippen molar-refractivity contribution in [2.75, 3.05) is 5.32 Å². The molecule has 0 radical (unpaired) electrons. The van der Waals surface area contributed by atoms with Gasteiger partial charge in [-0.25, -0.2) is 0 Å². The summed E-state index contributed by atoms with van der Waals surface area (Å²) in [5.74, 6) is 0.571. The normalized spacial score (nSPS) is 21.0. The fourth-order valence-corrected chi connectivity index (χ4v) is 3.32. The second-order valence-electron chi connectivity index (χ2n) is 5.31. The molecule has 0 aromatic heterocycles. The predicted octanol–water partition coefficient (Wildman–Crippen LogP) is 6.66. The summed E-state index contributed by atoms with van der Waals surface area (Å²) >= 11 is 24.0. The molecule has 1 N–H and O–H groups in total. The van der Waals surface area contributed by atoms with Crippen molar-refractivity contribution in [3.05, 3.63) is 62.1 Å². The average molecular weight is 361 g/mol. The van der Waals surface area contributed by atoms with E-state index in [2.05, 4.69) is 17.4 Å². The Hall–Kier alpha value is -0.600. The lowest BCUT2D eigenvalue weighted by atomic mass is 9.76. The van der Waals surface area contributed by atoms with E-state index >= 15 is 0 Å². The van der Waals surface area contributed by atoms with Gasteiger partial charge < -0.3 is 5.32 Å². The van der Waals surface area contributed by atoms with Crippen LogP contribution in [0.4, 0.5) is 5.69 Å². The third kappa shape index (κ3) is 3.43. The van der Waals surface area contributed by atoms with Gasteiger partial charge >= 0.3 is 0 Å². The second kappa shape index (κ2) is 6.26. The molecule has 0 bridgehead atoms. The van der Waals surface area contributed by atoms with Gasteiger partial charge in [0.15, 0.2) is 0 Å². The van der Waals surface area contributed by atoms with Crippen molar-refractivity contribution in [3.8, 4) is 0 Å². The van der Waals surface area contributed by atoms with E-state index in [9.17, 15) is 0 Å². The molecule has 110 valence electrons. The first kappa shape index (κ1) is 15.3. The van der Waals surface area contributed by atoms with Crippen LogP contribution < -0.4 is 5.32 Å². The van der Waals surface area contributed by atoms with Crippen LogP contribution in [0.2, 0.25) is 20.1 Å². The third-order valence-electron chi connectivity index (χ3n) is 3.85. The highest BCUT2D eigenvalue weighted by atomic mass is 35.5. The van der Waals surface area contributed by atoms with Crippen molar-refractivity contribution in [1.82, 2.24) is 0 Å². The van der Waals surface area contributed by atoms with E-state index in [0.717, 1.165) is 23.6 Å². The molecule has 0 saturated heterocycles. The zero-order valence-corrected chi connectivity index (χ0v) is 14.1. The van der Waals surface area contributed by atoms with Crippen molar-refractivity contribution in [2.24, 2.45) is 0 Å². The maximum atomic E-state index is 6.18. The van der Waals surface area contributed by atoms with Crippen molar-refractivity contribution in [3.63, 3.8) is 0 Å². The minimum atomic E-state index is 0.403. The lowest BCUT2D eigenvalue weighted by Gasteiger charge is -2.37. The molecule has 0 aliphatic heterocycles. The van der Waals surface area contributed by atoms with Gasteiger partial charge in [-0.1, -0.05) is 58.5 Å². The summed E-state index contributed by atoms with van der Waals surface area (Å²) in [7, 11) is 0. The highest BCUT2D eigenvalue weighted by molar-refractivity contribution is 6.44. The zero-order valence-electron chi connectivity index (χ0n) is 11.0. The number of nitrogens with one attached hydrogen (secondary N) is 1. The minimum Gasteiger partial charge on any atom is -0.381 e. The molecule has 2 aromatic carbocycles. The van der Waals surface area contributed by atoms with E-state index in [4.69, 9.17) is 46.4 Å². The van der Waals surface area contributed by atoms with Crippen LogP contribution in [0.3, 0.4) is 0 Å². The minimum absolute atomic E-state index is 0.403. The largest absolute Gasteiger partial charge is 0.381 e. The van der Waals surface area contributed by atoms with Crippen LogP contribution in [0.1, 0.15) is 24.3 Å². The summed E-state index contributed by atoms with van der Waals surface area (Å²) < 4.78 is 0. The molecule has 0 spiro atoms. The van der Waals surface area contributed by atoms with Gasteiger partial charge in [0.2, 0.25) is 0 Å². The Labute approximate surface area is 144 Å². The van der Waals surface area contributed by atoms with Crippen LogP contribution in [0.25, 0.3) is 0 Å². The Kier molecular flexibility index (Phi) is 4.56. The summed E-state index contributed by atoms with van der Waals surface area (Å²) in [6, 6.07) is 11.9. The predicted molar refractivity (Wildman–Crippen MR) is 92.3 cm³/mol. The lowest BCUT2D eigenvalue weighted by Crippen LogP contribution is -2.34. The standard InChI is InChI=1S/C16H13Cl4N/c17-11-3-1-9(2-4-11)10-5-12(6-10)21-16-8-14(19)13(18)7-15(16)20/h1-4,7-8,10,12,21H,5-6H2. The fourth-order valence-electron chi connectivity index (χ4n) is 2.60. The molecule has 1 nitrogen and oxygen atoms in total. The molecule has 1 aliphatic rings. The van der Waals surface area contributed by atoms with Crippen molar-refractivity contribution >= 4 is 52.1 Å². The van der Waals surface area contributed by atoms with Crippen LogP contribution in [0.5, 0.6) is 0 Å². The van der Waals surface area contributed by atoms with E-state index in [1.54, 1.807) is 12.1 Å². The zero-order chi connectivity index (χ0) is 15.0. The van der Waals surface area contributed by atoms with Crippen molar-refractivity contribution in [2.45, 2.75) is 24.8 Å². The highest BCUT2D eigenvalue weighted by Gasteiger charge is 2.30. The summed E-state index contributed by atoms with van der Waals surface area (Å²) in [6.45, 7) is 0. The van der Waals surface area contributed by atoms with Crippen LogP contribution in [0.15, 0.2) is 36.4 Å². The van der Waals surface area contributed by atoms with Gasteiger partial charge in [0.1, 0.15) is 0 Å². The Morgan fingerprint density at radius 1 is 0.810 bits per heavy atom. The number of rotatable bonds is 3. The maximum Gasteiger partial charge on any atom is 0.0653 e. The fraction of sp³-hybridized carbons (Fsp3) is 0.250. The Morgan fingerprint density at radius 3 is 2.10 bits per heavy atom. The van der Waals surface area contributed by atoms with Crippen LogP contribution >= 0.6 is 46.4 Å². The van der Waals surface area contributed by atoms with E-state index in [1.807, 2.05) is 12.1 Å². The Morgan fingerprint density at radius 2 is 1.43 bits per heavy atom. The van der Waals surface area contributed by atoms with Gasteiger partial charge in [0.05, 0.1) is 20.8 Å². The van der Waals surface area contributed by atoms with Gasteiger partial charge in [0, 0.05) is 11.1 Å². The summed E-state index contributed by atoms with van der Waals surface area (Å²) in [6.07, 6.45) is 2.14. The van der Waals surface area contributed by atoms with Crippen LogP contribution in [-0.2, 0) is 0 Å². The molecule has 0 atom stereocenters. The lowest BCUT2D eigenvalue weighted by molar-refractivity contribution is 0.374. The number of hydrogen-bond acceptors (Lipinski definition) is 1. The molecule has 21 heavy (non-hydrogen) atoms. The van der Waals surface area contributed by atoms with Gasteiger partial charge in [-0.15, -0.1) is 0 Å².